The van der Waals surface area contributed by atoms with E-state index in [-0.39, 0.29) is 23.9 Å². The van der Waals surface area contributed by atoms with E-state index in [2.05, 4.69) is 4.90 Å². The molecule has 4 rings (SSSR count). The Morgan fingerprint density at radius 1 is 0.880 bits per heavy atom. The fraction of sp³-hybridized carbons (Fsp3) is 0.333. The average Bonchev–Trinajstić information content (AvgIpc) is 3.13. The molecule has 4 nitrogen and oxygen atoms in total. The number of hydrogen-bond acceptors (Lipinski definition) is 3. The molecule has 0 aliphatic carbocycles. The smallest absolute Gasteiger partial charge is 0.251 e. The molecule has 2 aliphatic heterocycles. The molecular formula is C21H22N2O2. The maximum Gasteiger partial charge on any atom is 0.251 e. The highest BCUT2D eigenvalue weighted by Crippen LogP contribution is 2.36. The van der Waals surface area contributed by atoms with E-state index in [0.717, 1.165) is 30.5 Å². The van der Waals surface area contributed by atoms with Gasteiger partial charge in [-0.25, -0.2) is 0 Å². The van der Waals surface area contributed by atoms with Crippen LogP contribution in [0.3, 0.4) is 0 Å². The Labute approximate surface area is 148 Å². The van der Waals surface area contributed by atoms with Crippen LogP contribution in [0.15, 0.2) is 60.7 Å². The van der Waals surface area contributed by atoms with Gasteiger partial charge in [-0.05, 0) is 30.4 Å². The Hall–Kier alpha value is -2.46. The summed E-state index contributed by atoms with van der Waals surface area (Å²) in [5.41, 5.74) is 2.13. The van der Waals surface area contributed by atoms with Crippen molar-refractivity contribution in [2.75, 3.05) is 13.1 Å². The van der Waals surface area contributed by atoms with Crippen molar-refractivity contribution in [2.45, 2.75) is 31.3 Å². The third-order valence-electron chi connectivity index (χ3n) is 5.26. The zero-order chi connectivity index (χ0) is 17.2. The SMILES string of the molecule is O=C1[C@@H]2CCCN2[C@H](c2ccccc2)C(=O)N1CCc1ccccc1. The summed E-state index contributed by atoms with van der Waals surface area (Å²) in [5, 5.41) is 0. The van der Waals surface area contributed by atoms with Crippen LogP contribution in [0.1, 0.15) is 30.0 Å². The van der Waals surface area contributed by atoms with E-state index in [1.165, 1.54) is 4.90 Å². The van der Waals surface area contributed by atoms with Crippen molar-refractivity contribution in [2.24, 2.45) is 0 Å². The van der Waals surface area contributed by atoms with E-state index in [4.69, 9.17) is 0 Å². The summed E-state index contributed by atoms with van der Waals surface area (Å²) in [7, 11) is 0. The fourth-order valence-corrected chi connectivity index (χ4v) is 4.02. The molecule has 25 heavy (non-hydrogen) atoms. The van der Waals surface area contributed by atoms with Crippen LogP contribution in [-0.4, -0.2) is 40.7 Å². The Morgan fingerprint density at radius 3 is 2.28 bits per heavy atom. The first kappa shape index (κ1) is 16.0. The van der Waals surface area contributed by atoms with Gasteiger partial charge in [0, 0.05) is 13.1 Å². The zero-order valence-corrected chi connectivity index (χ0v) is 14.2. The first-order valence-corrected chi connectivity index (χ1v) is 8.95. The number of carbonyl (C=O) groups excluding carboxylic acids is 2. The molecule has 2 fully saturated rings. The van der Waals surface area contributed by atoms with Crippen LogP contribution in [-0.2, 0) is 16.0 Å². The molecule has 0 spiro atoms. The summed E-state index contributed by atoms with van der Waals surface area (Å²) in [6, 6.07) is 19.4. The molecule has 2 heterocycles. The highest BCUT2D eigenvalue weighted by molar-refractivity contribution is 6.03. The second-order valence-corrected chi connectivity index (χ2v) is 6.77. The van der Waals surface area contributed by atoms with Gasteiger partial charge in [0.25, 0.3) is 5.91 Å². The van der Waals surface area contributed by atoms with Gasteiger partial charge in [-0.3, -0.25) is 19.4 Å². The van der Waals surface area contributed by atoms with Crippen LogP contribution in [0.2, 0.25) is 0 Å². The number of fused-ring (bicyclic) bond motifs is 1. The van der Waals surface area contributed by atoms with Gasteiger partial charge in [0.2, 0.25) is 5.91 Å². The van der Waals surface area contributed by atoms with Gasteiger partial charge < -0.3 is 0 Å². The summed E-state index contributed by atoms with van der Waals surface area (Å²) >= 11 is 0. The fourth-order valence-electron chi connectivity index (χ4n) is 4.02. The quantitative estimate of drug-likeness (QED) is 0.807. The van der Waals surface area contributed by atoms with E-state index in [1.54, 1.807) is 0 Å². The maximum absolute atomic E-state index is 13.2. The molecule has 128 valence electrons. The minimum atomic E-state index is -0.331. The number of piperazine rings is 1. The summed E-state index contributed by atoms with van der Waals surface area (Å²) < 4.78 is 0. The predicted octanol–water partition coefficient (Wildman–Crippen LogP) is 2.80. The third-order valence-corrected chi connectivity index (χ3v) is 5.26. The van der Waals surface area contributed by atoms with Crippen molar-refractivity contribution in [3.05, 3.63) is 71.8 Å². The van der Waals surface area contributed by atoms with Crippen molar-refractivity contribution < 1.29 is 9.59 Å². The number of imide groups is 1. The van der Waals surface area contributed by atoms with Gasteiger partial charge in [0.15, 0.2) is 0 Å². The Kier molecular flexibility index (Phi) is 4.36. The number of benzene rings is 2. The molecular weight excluding hydrogens is 312 g/mol. The van der Waals surface area contributed by atoms with Crippen molar-refractivity contribution in [3.63, 3.8) is 0 Å². The molecule has 2 aromatic carbocycles. The number of hydrogen-bond donors (Lipinski definition) is 0. The van der Waals surface area contributed by atoms with Crippen molar-refractivity contribution in [1.29, 1.82) is 0 Å². The number of nitrogens with zero attached hydrogens (tertiary/aromatic N) is 2. The molecule has 2 amide bonds. The molecule has 2 saturated heterocycles. The van der Waals surface area contributed by atoms with Gasteiger partial charge >= 0.3 is 0 Å². The first-order valence-electron chi connectivity index (χ1n) is 8.95. The van der Waals surface area contributed by atoms with Gasteiger partial charge in [-0.15, -0.1) is 0 Å². The van der Waals surface area contributed by atoms with E-state index in [9.17, 15) is 9.59 Å². The molecule has 0 N–H and O–H groups in total. The maximum atomic E-state index is 13.2. The van der Waals surface area contributed by atoms with Crippen molar-refractivity contribution in [1.82, 2.24) is 9.80 Å². The van der Waals surface area contributed by atoms with E-state index in [0.29, 0.717) is 13.0 Å². The van der Waals surface area contributed by atoms with Crippen LogP contribution in [0.4, 0.5) is 0 Å². The largest absolute Gasteiger partial charge is 0.279 e. The number of carbonyl (C=O) groups is 2. The predicted molar refractivity (Wildman–Crippen MR) is 95.8 cm³/mol. The number of rotatable bonds is 4. The zero-order valence-electron chi connectivity index (χ0n) is 14.2. The standard InChI is InChI=1S/C21H22N2O2/c24-20-18-12-7-14-22(18)19(17-10-5-2-6-11-17)21(25)23(20)15-13-16-8-3-1-4-9-16/h1-6,8-11,18-19H,7,12-15H2/t18-,19+/m0/s1. The second kappa shape index (κ2) is 6.81. The topological polar surface area (TPSA) is 40.6 Å². The average molecular weight is 334 g/mol. The minimum Gasteiger partial charge on any atom is -0.279 e. The van der Waals surface area contributed by atoms with Gasteiger partial charge in [0.05, 0.1) is 6.04 Å². The normalized spacial score (nSPS) is 23.8. The summed E-state index contributed by atoms with van der Waals surface area (Å²) in [5.74, 6) is -0.101. The number of amides is 2. The molecule has 0 saturated carbocycles. The molecule has 0 bridgehead atoms. The van der Waals surface area contributed by atoms with Gasteiger partial charge in [0.1, 0.15) is 6.04 Å². The lowest BCUT2D eigenvalue weighted by atomic mass is 9.98. The second-order valence-electron chi connectivity index (χ2n) is 6.77. The van der Waals surface area contributed by atoms with Crippen LogP contribution in [0.5, 0.6) is 0 Å². The highest BCUT2D eigenvalue weighted by atomic mass is 16.2. The lowest BCUT2D eigenvalue weighted by Crippen LogP contribution is -2.59. The lowest BCUT2D eigenvalue weighted by Gasteiger charge is -2.41. The lowest BCUT2D eigenvalue weighted by molar-refractivity contribution is -0.159. The van der Waals surface area contributed by atoms with Crippen molar-refractivity contribution >= 4 is 11.8 Å². The Bertz CT molecular complexity index is 760. The van der Waals surface area contributed by atoms with Crippen LogP contribution in [0, 0.1) is 0 Å². The summed E-state index contributed by atoms with van der Waals surface area (Å²) in [4.78, 5) is 29.6. The third kappa shape index (κ3) is 2.98. The molecule has 4 heteroatoms. The van der Waals surface area contributed by atoms with E-state index in [1.807, 2.05) is 60.7 Å². The van der Waals surface area contributed by atoms with Gasteiger partial charge in [-0.1, -0.05) is 60.7 Å². The summed E-state index contributed by atoms with van der Waals surface area (Å²) in [6.45, 7) is 1.27. The van der Waals surface area contributed by atoms with Gasteiger partial charge in [-0.2, -0.15) is 0 Å². The first-order chi connectivity index (χ1) is 12.3. The molecule has 2 aliphatic rings. The van der Waals surface area contributed by atoms with Crippen LogP contribution >= 0.6 is 0 Å². The van der Waals surface area contributed by atoms with E-state index >= 15 is 0 Å². The van der Waals surface area contributed by atoms with Crippen molar-refractivity contribution in [3.8, 4) is 0 Å². The Morgan fingerprint density at radius 2 is 1.56 bits per heavy atom. The van der Waals surface area contributed by atoms with Crippen LogP contribution < -0.4 is 0 Å². The van der Waals surface area contributed by atoms with E-state index < -0.39 is 0 Å². The summed E-state index contributed by atoms with van der Waals surface area (Å²) in [6.07, 6.45) is 2.52. The molecule has 0 radical (unpaired) electrons. The Balaban J connectivity index is 1.60. The molecule has 2 aromatic rings. The highest BCUT2D eigenvalue weighted by Gasteiger charge is 2.48. The monoisotopic (exact) mass is 334 g/mol. The minimum absolute atomic E-state index is 0.0226. The molecule has 0 aromatic heterocycles. The molecule has 2 atom stereocenters. The van der Waals surface area contributed by atoms with Crippen LogP contribution in [0.25, 0.3) is 0 Å². The molecule has 0 unspecified atom stereocenters.